The number of carbonyl (C=O) groups is 1. The molecular formula is C18H28N2O2. The van der Waals surface area contributed by atoms with Gasteiger partial charge in [-0.15, -0.1) is 0 Å². The monoisotopic (exact) mass is 304 g/mol. The summed E-state index contributed by atoms with van der Waals surface area (Å²) in [6.07, 6.45) is 3.46. The quantitative estimate of drug-likeness (QED) is 0.849. The van der Waals surface area contributed by atoms with E-state index in [1.165, 1.54) is 0 Å². The van der Waals surface area contributed by atoms with Crippen molar-refractivity contribution in [2.24, 2.45) is 0 Å². The molecule has 0 bridgehead atoms. The van der Waals surface area contributed by atoms with E-state index in [4.69, 9.17) is 0 Å². The molecule has 1 saturated heterocycles. The fraction of sp³-hybridized carbons (Fsp3) is 0.611. The summed E-state index contributed by atoms with van der Waals surface area (Å²) in [5.74, 6) is 0.0117. The highest BCUT2D eigenvalue weighted by molar-refractivity contribution is 5.94. The van der Waals surface area contributed by atoms with Crippen LogP contribution in [-0.2, 0) is 0 Å². The highest BCUT2D eigenvalue weighted by Gasteiger charge is 2.28. The third kappa shape index (κ3) is 4.55. The number of benzene rings is 1. The summed E-state index contributed by atoms with van der Waals surface area (Å²) in [6.45, 7) is 6.68. The molecule has 0 aromatic heterocycles. The van der Waals surface area contributed by atoms with E-state index < -0.39 is 5.60 Å². The van der Waals surface area contributed by atoms with E-state index in [1.807, 2.05) is 44.2 Å². The molecule has 2 N–H and O–H groups in total. The van der Waals surface area contributed by atoms with Crippen molar-refractivity contribution in [2.45, 2.75) is 51.2 Å². The Kier molecular flexibility index (Phi) is 5.98. The van der Waals surface area contributed by atoms with Crippen LogP contribution < -0.4 is 5.32 Å². The third-order valence-corrected chi connectivity index (χ3v) is 4.79. The molecule has 0 atom stereocenters. The molecule has 1 heterocycles. The van der Waals surface area contributed by atoms with Gasteiger partial charge < -0.3 is 15.3 Å². The van der Waals surface area contributed by atoms with Crippen LogP contribution in [0, 0.1) is 0 Å². The van der Waals surface area contributed by atoms with E-state index in [2.05, 4.69) is 10.2 Å². The molecule has 4 heteroatoms. The highest BCUT2D eigenvalue weighted by Crippen LogP contribution is 2.19. The van der Waals surface area contributed by atoms with Crippen molar-refractivity contribution in [3.05, 3.63) is 35.9 Å². The van der Waals surface area contributed by atoms with E-state index >= 15 is 0 Å². The molecule has 0 spiro atoms. The number of hydrogen-bond donors (Lipinski definition) is 2. The Bertz CT molecular complexity index is 463. The van der Waals surface area contributed by atoms with E-state index in [0.717, 1.165) is 50.9 Å². The summed E-state index contributed by atoms with van der Waals surface area (Å²) in [7, 11) is 0. The zero-order chi connectivity index (χ0) is 16.0. The number of nitrogens with zero attached hydrogens (tertiary/aromatic N) is 1. The zero-order valence-electron chi connectivity index (χ0n) is 13.7. The van der Waals surface area contributed by atoms with Gasteiger partial charge in [0.1, 0.15) is 0 Å². The molecule has 0 aliphatic carbocycles. The van der Waals surface area contributed by atoms with Crippen LogP contribution in [0.5, 0.6) is 0 Å². The number of piperidine rings is 1. The summed E-state index contributed by atoms with van der Waals surface area (Å²) in [4.78, 5) is 14.5. The topological polar surface area (TPSA) is 52.6 Å². The van der Waals surface area contributed by atoms with Crippen molar-refractivity contribution in [3.63, 3.8) is 0 Å². The van der Waals surface area contributed by atoms with Crippen molar-refractivity contribution in [1.29, 1.82) is 0 Å². The Morgan fingerprint density at radius 1 is 1.23 bits per heavy atom. The zero-order valence-corrected chi connectivity index (χ0v) is 13.7. The Hall–Kier alpha value is -1.39. The number of β-amino-alcohol motifs (C(OH)–C–C–N with tert-alkyl or cyclic N) is 1. The van der Waals surface area contributed by atoms with Crippen LogP contribution in [0.25, 0.3) is 0 Å². The van der Waals surface area contributed by atoms with Crippen LogP contribution in [0.4, 0.5) is 0 Å². The summed E-state index contributed by atoms with van der Waals surface area (Å²) >= 11 is 0. The van der Waals surface area contributed by atoms with Gasteiger partial charge in [-0.3, -0.25) is 4.79 Å². The lowest BCUT2D eigenvalue weighted by Gasteiger charge is -2.37. The van der Waals surface area contributed by atoms with Crippen LogP contribution in [-0.4, -0.2) is 47.2 Å². The number of aliphatic hydroxyl groups is 1. The largest absolute Gasteiger partial charge is 0.389 e. The third-order valence-electron chi connectivity index (χ3n) is 4.79. The molecule has 1 aliphatic rings. The Morgan fingerprint density at radius 3 is 2.36 bits per heavy atom. The minimum atomic E-state index is -0.569. The molecule has 22 heavy (non-hydrogen) atoms. The molecule has 0 unspecified atom stereocenters. The van der Waals surface area contributed by atoms with Gasteiger partial charge in [-0.25, -0.2) is 0 Å². The van der Waals surface area contributed by atoms with Gasteiger partial charge in [0.25, 0.3) is 5.91 Å². The van der Waals surface area contributed by atoms with Gasteiger partial charge in [0.05, 0.1) is 5.60 Å². The second kappa shape index (κ2) is 7.75. The van der Waals surface area contributed by atoms with Gasteiger partial charge in [-0.05, 0) is 37.8 Å². The number of amides is 1. The average molecular weight is 304 g/mol. The molecule has 1 aliphatic heterocycles. The van der Waals surface area contributed by atoms with E-state index in [1.54, 1.807) is 0 Å². The Morgan fingerprint density at radius 2 is 1.82 bits per heavy atom. The lowest BCUT2D eigenvalue weighted by atomic mass is 9.95. The maximum atomic E-state index is 12.2. The smallest absolute Gasteiger partial charge is 0.251 e. The normalized spacial score (nSPS) is 17.4. The van der Waals surface area contributed by atoms with Crippen LogP contribution >= 0.6 is 0 Å². The molecule has 2 rings (SSSR count). The Labute approximate surface area is 133 Å². The minimum absolute atomic E-state index is 0.0117. The average Bonchev–Trinajstić information content (AvgIpc) is 2.57. The van der Waals surface area contributed by atoms with Crippen LogP contribution in [0.2, 0.25) is 0 Å². The molecule has 4 nitrogen and oxygen atoms in total. The second-order valence-corrected chi connectivity index (χ2v) is 6.32. The van der Waals surface area contributed by atoms with Crippen LogP contribution in [0.1, 0.15) is 49.9 Å². The van der Waals surface area contributed by atoms with E-state index in [0.29, 0.717) is 0 Å². The number of nitrogens with one attached hydrogen (secondary N) is 1. The van der Waals surface area contributed by atoms with E-state index in [-0.39, 0.29) is 11.9 Å². The summed E-state index contributed by atoms with van der Waals surface area (Å²) in [5.41, 5.74) is 0.149. The number of carbonyl (C=O) groups excluding carboxylic acids is 1. The number of hydrogen-bond acceptors (Lipinski definition) is 3. The second-order valence-electron chi connectivity index (χ2n) is 6.32. The van der Waals surface area contributed by atoms with Gasteiger partial charge in [0.15, 0.2) is 0 Å². The van der Waals surface area contributed by atoms with Crippen molar-refractivity contribution in [2.75, 3.05) is 19.6 Å². The van der Waals surface area contributed by atoms with Crippen molar-refractivity contribution in [3.8, 4) is 0 Å². The minimum Gasteiger partial charge on any atom is -0.389 e. The molecule has 1 aromatic carbocycles. The lowest BCUT2D eigenvalue weighted by Crippen LogP contribution is -2.49. The first-order chi connectivity index (χ1) is 10.6. The highest BCUT2D eigenvalue weighted by atomic mass is 16.3. The van der Waals surface area contributed by atoms with Gasteiger partial charge in [0, 0.05) is 31.2 Å². The maximum absolute atomic E-state index is 12.2. The fourth-order valence-electron chi connectivity index (χ4n) is 2.98. The molecule has 1 aromatic rings. The van der Waals surface area contributed by atoms with Gasteiger partial charge in [0.2, 0.25) is 0 Å². The molecule has 1 fully saturated rings. The maximum Gasteiger partial charge on any atom is 0.251 e. The predicted octanol–water partition coefficient (Wildman–Crippen LogP) is 2.43. The lowest BCUT2D eigenvalue weighted by molar-refractivity contribution is -0.00974. The first-order valence-corrected chi connectivity index (χ1v) is 8.37. The van der Waals surface area contributed by atoms with Crippen molar-refractivity contribution < 1.29 is 9.90 Å². The molecule has 0 saturated carbocycles. The predicted molar refractivity (Wildman–Crippen MR) is 88.9 cm³/mol. The molecule has 0 radical (unpaired) electrons. The van der Waals surface area contributed by atoms with Crippen molar-refractivity contribution in [1.82, 2.24) is 10.2 Å². The molecule has 1 amide bonds. The van der Waals surface area contributed by atoms with Gasteiger partial charge in [-0.1, -0.05) is 32.0 Å². The summed E-state index contributed by atoms with van der Waals surface area (Å²) < 4.78 is 0. The standard InChI is InChI=1S/C18H28N2O2/c1-3-18(22,4-2)14-20-12-10-16(11-13-20)19-17(21)15-8-6-5-7-9-15/h5-9,16,22H,3-4,10-14H2,1-2H3,(H,19,21). The first kappa shape index (κ1) is 17.0. The first-order valence-electron chi connectivity index (χ1n) is 8.37. The molecule has 122 valence electrons. The summed E-state index contributed by atoms with van der Waals surface area (Å²) in [5, 5.41) is 13.5. The Balaban J connectivity index is 1.79. The van der Waals surface area contributed by atoms with E-state index in [9.17, 15) is 9.90 Å². The molecular weight excluding hydrogens is 276 g/mol. The number of rotatable bonds is 6. The van der Waals surface area contributed by atoms with Crippen LogP contribution in [0.15, 0.2) is 30.3 Å². The van der Waals surface area contributed by atoms with Gasteiger partial charge in [-0.2, -0.15) is 0 Å². The SMILES string of the molecule is CCC(O)(CC)CN1CCC(NC(=O)c2ccccc2)CC1. The summed E-state index contributed by atoms with van der Waals surface area (Å²) in [6, 6.07) is 9.60. The van der Waals surface area contributed by atoms with Crippen LogP contribution in [0.3, 0.4) is 0 Å². The fourth-order valence-corrected chi connectivity index (χ4v) is 2.98. The number of likely N-dealkylation sites (tertiary alicyclic amines) is 1. The van der Waals surface area contributed by atoms with Crippen molar-refractivity contribution >= 4 is 5.91 Å². The van der Waals surface area contributed by atoms with Gasteiger partial charge >= 0.3 is 0 Å².